The fraction of sp³-hybridized carbons (Fsp3) is 0.364. The normalized spacial score (nSPS) is 11.0. The van der Waals surface area contributed by atoms with Crippen molar-refractivity contribution in [3.8, 4) is 0 Å². The summed E-state index contributed by atoms with van der Waals surface area (Å²) < 4.78 is 0. The molecule has 0 heterocycles. The van der Waals surface area contributed by atoms with Gasteiger partial charge in [-0.15, -0.1) is 0 Å². The maximum atomic E-state index is 12.5. The Bertz CT molecular complexity index is 836. The third-order valence-electron chi connectivity index (χ3n) is 4.51. The number of nitrogens with one attached hydrogen (secondary N) is 2. The van der Waals surface area contributed by atoms with E-state index in [1.165, 1.54) is 0 Å². The molecule has 150 valence electrons. The van der Waals surface area contributed by atoms with Gasteiger partial charge in [-0.05, 0) is 48.7 Å². The van der Waals surface area contributed by atoms with Crippen molar-refractivity contribution in [2.24, 2.45) is 0 Å². The Morgan fingerprint density at radius 1 is 1.00 bits per heavy atom. The minimum Gasteiger partial charge on any atom is -0.325 e. The third kappa shape index (κ3) is 6.36. The summed E-state index contributed by atoms with van der Waals surface area (Å²) in [4.78, 5) is 26.7. The summed E-state index contributed by atoms with van der Waals surface area (Å²) in [7, 11) is 0. The number of benzene rings is 2. The number of anilines is 2. The zero-order chi connectivity index (χ0) is 20.7. The van der Waals surface area contributed by atoms with E-state index in [9.17, 15) is 9.59 Å². The minimum atomic E-state index is -0.178. The van der Waals surface area contributed by atoms with Crippen LogP contribution < -0.4 is 10.6 Å². The van der Waals surface area contributed by atoms with E-state index >= 15 is 0 Å². The van der Waals surface area contributed by atoms with Crippen molar-refractivity contribution >= 4 is 34.8 Å². The number of carbonyl (C=O) groups excluding carboxylic acids is 2. The Balaban J connectivity index is 1.95. The second-order valence-electron chi connectivity index (χ2n) is 7.10. The van der Waals surface area contributed by atoms with Crippen LogP contribution in [-0.4, -0.2) is 36.3 Å². The van der Waals surface area contributed by atoms with E-state index in [-0.39, 0.29) is 24.9 Å². The van der Waals surface area contributed by atoms with Crippen LogP contribution >= 0.6 is 11.6 Å². The van der Waals surface area contributed by atoms with Crippen LogP contribution in [0.2, 0.25) is 5.02 Å². The second-order valence-corrected chi connectivity index (χ2v) is 7.54. The van der Waals surface area contributed by atoms with Crippen LogP contribution in [0.4, 0.5) is 11.4 Å². The molecule has 0 saturated carbocycles. The van der Waals surface area contributed by atoms with Crippen LogP contribution in [0, 0.1) is 6.92 Å². The Hall–Kier alpha value is -2.37. The number of hydrogen-bond donors (Lipinski definition) is 2. The number of para-hydroxylation sites is 1. The van der Waals surface area contributed by atoms with E-state index in [4.69, 9.17) is 11.6 Å². The smallest absolute Gasteiger partial charge is 0.238 e. The molecule has 0 bridgehead atoms. The predicted molar refractivity (Wildman–Crippen MR) is 116 cm³/mol. The average Bonchev–Trinajstić information content (AvgIpc) is 2.64. The number of likely N-dealkylation sites (N-methyl/N-ethyl adjacent to an activating group) is 1. The first-order valence-corrected chi connectivity index (χ1v) is 9.85. The first-order chi connectivity index (χ1) is 13.3. The molecule has 2 aromatic carbocycles. The van der Waals surface area contributed by atoms with E-state index in [0.29, 0.717) is 23.2 Å². The summed E-state index contributed by atoms with van der Waals surface area (Å²) in [6.45, 7) is 8.86. The molecular formula is C22H28ClN3O2. The molecule has 2 amide bonds. The SMILES string of the molecule is CCN(CC(=O)Nc1cc(Cl)ccc1C)CC(=O)Nc1ccccc1C(C)C. The third-order valence-corrected chi connectivity index (χ3v) is 4.75. The maximum Gasteiger partial charge on any atom is 0.238 e. The van der Waals surface area contributed by atoms with E-state index in [1.54, 1.807) is 17.0 Å². The zero-order valence-corrected chi connectivity index (χ0v) is 17.6. The number of amides is 2. The quantitative estimate of drug-likeness (QED) is 0.675. The average molecular weight is 402 g/mol. The van der Waals surface area contributed by atoms with Crippen LogP contribution in [0.3, 0.4) is 0 Å². The van der Waals surface area contributed by atoms with Crippen molar-refractivity contribution in [3.63, 3.8) is 0 Å². The molecule has 6 heteroatoms. The maximum absolute atomic E-state index is 12.5. The van der Waals surface area contributed by atoms with Gasteiger partial charge >= 0.3 is 0 Å². The van der Waals surface area contributed by atoms with Gasteiger partial charge in [0.25, 0.3) is 0 Å². The first-order valence-electron chi connectivity index (χ1n) is 9.47. The van der Waals surface area contributed by atoms with Crippen molar-refractivity contribution in [1.29, 1.82) is 0 Å². The zero-order valence-electron chi connectivity index (χ0n) is 16.9. The molecule has 0 radical (unpaired) electrons. The lowest BCUT2D eigenvalue weighted by molar-refractivity contribution is -0.119. The van der Waals surface area contributed by atoms with Crippen molar-refractivity contribution in [2.75, 3.05) is 30.3 Å². The number of halogens is 1. The molecule has 2 N–H and O–H groups in total. The Labute approximate surface area is 172 Å². The van der Waals surface area contributed by atoms with E-state index in [1.807, 2.05) is 44.2 Å². The molecule has 0 unspecified atom stereocenters. The van der Waals surface area contributed by atoms with Crippen LogP contribution in [0.25, 0.3) is 0 Å². The highest BCUT2D eigenvalue weighted by Crippen LogP contribution is 2.23. The number of rotatable bonds is 8. The highest BCUT2D eigenvalue weighted by Gasteiger charge is 2.15. The Morgan fingerprint density at radius 2 is 1.61 bits per heavy atom. The van der Waals surface area contributed by atoms with Crippen molar-refractivity contribution < 1.29 is 9.59 Å². The molecule has 0 aliphatic carbocycles. The molecule has 2 rings (SSSR count). The number of nitrogens with zero attached hydrogens (tertiary/aromatic N) is 1. The van der Waals surface area contributed by atoms with Gasteiger partial charge in [-0.2, -0.15) is 0 Å². The molecule has 0 fully saturated rings. The molecule has 28 heavy (non-hydrogen) atoms. The van der Waals surface area contributed by atoms with Gasteiger partial charge in [0.2, 0.25) is 11.8 Å². The van der Waals surface area contributed by atoms with E-state index in [2.05, 4.69) is 24.5 Å². The van der Waals surface area contributed by atoms with E-state index < -0.39 is 0 Å². The molecule has 2 aromatic rings. The highest BCUT2D eigenvalue weighted by atomic mass is 35.5. The highest BCUT2D eigenvalue weighted by molar-refractivity contribution is 6.31. The number of hydrogen-bond acceptors (Lipinski definition) is 3. The van der Waals surface area contributed by atoms with Gasteiger partial charge in [-0.1, -0.05) is 56.6 Å². The Morgan fingerprint density at radius 3 is 2.21 bits per heavy atom. The minimum absolute atomic E-state index is 0.127. The number of aryl methyl sites for hydroxylation is 1. The Kier molecular flexibility index (Phi) is 8.03. The summed E-state index contributed by atoms with van der Waals surface area (Å²) in [6.07, 6.45) is 0. The first kappa shape index (κ1) is 21.9. The standard InChI is InChI=1S/C22H28ClN3O2/c1-5-26(14-22(28)25-20-12-17(23)11-10-16(20)4)13-21(27)24-19-9-7-6-8-18(19)15(2)3/h6-12,15H,5,13-14H2,1-4H3,(H,24,27)(H,25,28). The van der Waals surface area contributed by atoms with Gasteiger partial charge in [0.05, 0.1) is 13.1 Å². The van der Waals surface area contributed by atoms with Crippen molar-refractivity contribution in [1.82, 2.24) is 4.90 Å². The lowest BCUT2D eigenvalue weighted by Gasteiger charge is -2.20. The fourth-order valence-electron chi connectivity index (χ4n) is 2.91. The molecule has 0 aliphatic heterocycles. The van der Waals surface area contributed by atoms with Crippen molar-refractivity contribution in [3.05, 3.63) is 58.6 Å². The molecule has 0 aromatic heterocycles. The number of carbonyl (C=O) groups is 2. The van der Waals surface area contributed by atoms with Crippen LogP contribution in [0.15, 0.2) is 42.5 Å². The van der Waals surface area contributed by atoms with Gasteiger partial charge in [-0.25, -0.2) is 0 Å². The summed E-state index contributed by atoms with van der Waals surface area (Å²) >= 11 is 6.00. The lowest BCUT2D eigenvalue weighted by Crippen LogP contribution is -2.38. The van der Waals surface area contributed by atoms with Crippen LogP contribution in [0.1, 0.15) is 37.8 Å². The summed E-state index contributed by atoms with van der Waals surface area (Å²) in [5.74, 6) is -0.00484. The molecule has 0 saturated heterocycles. The fourth-order valence-corrected chi connectivity index (χ4v) is 3.08. The molecule has 0 spiro atoms. The molecule has 0 atom stereocenters. The van der Waals surface area contributed by atoms with Gasteiger partial charge in [0.1, 0.15) is 0 Å². The van der Waals surface area contributed by atoms with Gasteiger partial charge in [-0.3, -0.25) is 14.5 Å². The van der Waals surface area contributed by atoms with E-state index in [0.717, 1.165) is 16.8 Å². The largest absolute Gasteiger partial charge is 0.325 e. The predicted octanol–water partition coefficient (Wildman–Crippen LogP) is 4.67. The summed E-state index contributed by atoms with van der Waals surface area (Å²) in [5.41, 5.74) is 3.53. The summed E-state index contributed by atoms with van der Waals surface area (Å²) in [5, 5.41) is 6.40. The lowest BCUT2D eigenvalue weighted by atomic mass is 10.0. The van der Waals surface area contributed by atoms with Gasteiger partial charge in [0.15, 0.2) is 0 Å². The van der Waals surface area contributed by atoms with Crippen LogP contribution in [-0.2, 0) is 9.59 Å². The van der Waals surface area contributed by atoms with Gasteiger partial charge in [0, 0.05) is 16.4 Å². The molecule has 5 nitrogen and oxygen atoms in total. The second kappa shape index (κ2) is 10.2. The topological polar surface area (TPSA) is 61.4 Å². The van der Waals surface area contributed by atoms with Crippen LogP contribution in [0.5, 0.6) is 0 Å². The monoisotopic (exact) mass is 401 g/mol. The molecular weight excluding hydrogens is 374 g/mol. The summed E-state index contributed by atoms with van der Waals surface area (Å²) in [6, 6.07) is 13.1. The molecule has 0 aliphatic rings. The van der Waals surface area contributed by atoms with Gasteiger partial charge < -0.3 is 10.6 Å². The van der Waals surface area contributed by atoms with Crippen molar-refractivity contribution in [2.45, 2.75) is 33.6 Å².